The highest BCUT2D eigenvalue weighted by Gasteiger charge is 2.32. The van der Waals surface area contributed by atoms with Crippen LogP contribution in [0.1, 0.15) is 27.7 Å². The lowest BCUT2D eigenvalue weighted by atomic mass is 10.0. The molecule has 0 aromatic heterocycles. The number of nitrogens with one attached hydrogen (secondary N) is 1. The summed E-state index contributed by atoms with van der Waals surface area (Å²) in [4.78, 5) is 15.0. The Labute approximate surface area is 162 Å². The predicted octanol–water partition coefficient (Wildman–Crippen LogP) is 5.76. The molecule has 5 heteroatoms. The van der Waals surface area contributed by atoms with E-state index in [9.17, 15) is 4.79 Å². The highest BCUT2D eigenvalue weighted by Crippen LogP contribution is 2.34. The maximum atomic E-state index is 13.2. The topological polar surface area (TPSA) is 32.3 Å². The number of hydrogen-bond acceptors (Lipinski definition) is 2. The molecular formula is C21H16Cl2N2O. The van der Waals surface area contributed by atoms with E-state index in [0.29, 0.717) is 22.2 Å². The lowest BCUT2D eigenvalue weighted by Crippen LogP contribution is -2.42. The first-order valence-corrected chi connectivity index (χ1v) is 9.04. The van der Waals surface area contributed by atoms with E-state index in [1.807, 2.05) is 77.7 Å². The van der Waals surface area contributed by atoms with Crippen LogP contribution in [0.3, 0.4) is 0 Å². The number of rotatable bonds is 3. The van der Waals surface area contributed by atoms with Gasteiger partial charge >= 0.3 is 0 Å². The van der Waals surface area contributed by atoms with Gasteiger partial charge in [-0.1, -0.05) is 59.6 Å². The fourth-order valence-corrected chi connectivity index (χ4v) is 3.40. The molecule has 0 bridgehead atoms. The minimum Gasteiger partial charge on any atom is -0.361 e. The molecule has 26 heavy (non-hydrogen) atoms. The normalized spacial score (nSPS) is 16.2. The van der Waals surface area contributed by atoms with E-state index >= 15 is 0 Å². The summed E-state index contributed by atoms with van der Waals surface area (Å²) in [7, 11) is 0. The van der Waals surface area contributed by atoms with E-state index in [4.69, 9.17) is 23.2 Å². The molecule has 3 aromatic rings. The van der Waals surface area contributed by atoms with Crippen molar-refractivity contribution in [2.24, 2.45) is 0 Å². The number of hydrogen-bond donors (Lipinski definition) is 1. The van der Waals surface area contributed by atoms with Gasteiger partial charge in [0.05, 0.1) is 5.56 Å². The Kier molecular flexibility index (Phi) is 4.58. The largest absolute Gasteiger partial charge is 0.361 e. The van der Waals surface area contributed by atoms with Crippen molar-refractivity contribution < 1.29 is 4.79 Å². The number of fused-ring (bicyclic) bond motifs is 1. The fraction of sp³-hybridized carbons (Fsp3) is 0.0952. The molecule has 0 saturated heterocycles. The quantitative estimate of drug-likeness (QED) is 0.624. The third-order valence-electron chi connectivity index (χ3n) is 4.47. The van der Waals surface area contributed by atoms with Crippen molar-refractivity contribution in [1.29, 1.82) is 0 Å². The van der Waals surface area contributed by atoms with Gasteiger partial charge in [-0.25, -0.2) is 0 Å². The monoisotopic (exact) mass is 382 g/mol. The fourth-order valence-electron chi connectivity index (χ4n) is 3.15. The summed E-state index contributed by atoms with van der Waals surface area (Å²) < 4.78 is 0. The third-order valence-corrected chi connectivity index (χ3v) is 4.98. The van der Waals surface area contributed by atoms with Crippen LogP contribution in [0.25, 0.3) is 0 Å². The van der Waals surface area contributed by atoms with Gasteiger partial charge in [-0.05, 0) is 47.5 Å². The molecule has 4 rings (SSSR count). The molecule has 1 aliphatic rings. The Morgan fingerprint density at radius 1 is 0.846 bits per heavy atom. The Bertz CT molecular complexity index is 939. The minimum absolute atomic E-state index is 0.00532. The number of halogens is 2. The zero-order valence-electron chi connectivity index (χ0n) is 13.8. The summed E-state index contributed by atoms with van der Waals surface area (Å²) in [6, 6.07) is 22.7. The average molecular weight is 383 g/mol. The first kappa shape index (κ1) is 17.0. The van der Waals surface area contributed by atoms with Crippen LogP contribution in [0, 0.1) is 0 Å². The lowest BCUT2D eigenvalue weighted by molar-refractivity contribution is 0.0666. The minimum atomic E-state index is -0.273. The van der Waals surface area contributed by atoms with E-state index in [1.54, 1.807) is 0 Å². The Morgan fingerprint density at radius 3 is 2.15 bits per heavy atom. The molecule has 0 spiro atoms. The van der Waals surface area contributed by atoms with Gasteiger partial charge in [0, 0.05) is 22.3 Å². The molecular weight excluding hydrogens is 367 g/mol. The number of carbonyl (C=O) groups excluding carboxylic acids is 1. The first-order valence-electron chi connectivity index (χ1n) is 8.28. The maximum absolute atomic E-state index is 13.2. The van der Waals surface area contributed by atoms with Crippen molar-refractivity contribution in [2.75, 3.05) is 5.32 Å². The highest BCUT2D eigenvalue weighted by molar-refractivity contribution is 6.30. The zero-order valence-corrected chi connectivity index (χ0v) is 15.3. The van der Waals surface area contributed by atoms with Crippen LogP contribution in [-0.4, -0.2) is 10.8 Å². The summed E-state index contributed by atoms with van der Waals surface area (Å²) in [6.45, 7) is 0.477. The summed E-state index contributed by atoms with van der Waals surface area (Å²) in [6.07, 6.45) is -0.273. The molecule has 1 amide bonds. The molecule has 1 unspecified atom stereocenters. The van der Waals surface area contributed by atoms with Crippen molar-refractivity contribution in [3.05, 3.63) is 99.5 Å². The average Bonchev–Trinajstić information content (AvgIpc) is 2.66. The molecule has 1 heterocycles. The summed E-state index contributed by atoms with van der Waals surface area (Å²) in [5.74, 6) is -0.00532. The second kappa shape index (κ2) is 7.02. The molecule has 130 valence electrons. The summed E-state index contributed by atoms with van der Waals surface area (Å²) >= 11 is 12.0. The van der Waals surface area contributed by atoms with Gasteiger partial charge in [0.25, 0.3) is 5.91 Å². The number of anilines is 1. The van der Waals surface area contributed by atoms with Crippen molar-refractivity contribution in [1.82, 2.24) is 4.90 Å². The van der Waals surface area contributed by atoms with Crippen LogP contribution < -0.4 is 5.32 Å². The molecule has 0 radical (unpaired) electrons. The Hall–Kier alpha value is -2.49. The summed E-state index contributed by atoms with van der Waals surface area (Å²) in [5, 5.41) is 4.83. The first-order chi connectivity index (χ1) is 12.6. The molecule has 1 atom stereocenters. The molecule has 3 nitrogen and oxygen atoms in total. The second-order valence-corrected chi connectivity index (χ2v) is 7.08. The summed E-state index contributed by atoms with van der Waals surface area (Å²) in [5.41, 5.74) is 3.51. The number of para-hydroxylation sites is 1. The molecule has 0 aliphatic carbocycles. The highest BCUT2D eigenvalue weighted by atomic mass is 35.5. The lowest BCUT2D eigenvalue weighted by Gasteiger charge is -2.38. The van der Waals surface area contributed by atoms with E-state index in [1.165, 1.54) is 0 Å². The maximum Gasteiger partial charge on any atom is 0.258 e. The SMILES string of the molecule is O=C1c2ccccc2NC(c2ccc(Cl)cc2)N1Cc1ccc(Cl)cc1. The smallest absolute Gasteiger partial charge is 0.258 e. The van der Waals surface area contributed by atoms with Crippen LogP contribution in [0.4, 0.5) is 5.69 Å². The zero-order chi connectivity index (χ0) is 18.1. The molecule has 0 fully saturated rings. The molecule has 1 aliphatic heterocycles. The predicted molar refractivity (Wildman–Crippen MR) is 106 cm³/mol. The standard InChI is InChI=1S/C21H16Cl2N2O/c22-16-9-5-14(6-10-16)13-25-20(15-7-11-17(23)12-8-15)24-19-4-2-1-3-18(19)21(25)26/h1-12,20,24H,13H2. The second-order valence-electron chi connectivity index (χ2n) is 6.20. The van der Waals surface area contributed by atoms with Gasteiger partial charge in [-0.3, -0.25) is 4.79 Å². The number of benzene rings is 3. The molecule has 0 saturated carbocycles. The van der Waals surface area contributed by atoms with E-state index < -0.39 is 0 Å². The van der Waals surface area contributed by atoms with Crippen LogP contribution in [0.15, 0.2) is 72.8 Å². The van der Waals surface area contributed by atoms with Gasteiger partial charge in [0.1, 0.15) is 6.17 Å². The molecule has 3 aromatic carbocycles. The van der Waals surface area contributed by atoms with Crippen LogP contribution in [-0.2, 0) is 6.54 Å². The van der Waals surface area contributed by atoms with Gasteiger partial charge in [0.2, 0.25) is 0 Å². The third kappa shape index (κ3) is 3.28. The van der Waals surface area contributed by atoms with Crippen LogP contribution in [0.5, 0.6) is 0 Å². The molecule has 1 N–H and O–H groups in total. The van der Waals surface area contributed by atoms with Crippen molar-refractivity contribution in [3.8, 4) is 0 Å². The van der Waals surface area contributed by atoms with Gasteiger partial charge in [0.15, 0.2) is 0 Å². The van der Waals surface area contributed by atoms with E-state index in [2.05, 4.69) is 5.32 Å². The Morgan fingerprint density at radius 2 is 1.46 bits per heavy atom. The van der Waals surface area contributed by atoms with Crippen molar-refractivity contribution in [3.63, 3.8) is 0 Å². The van der Waals surface area contributed by atoms with E-state index in [-0.39, 0.29) is 12.1 Å². The van der Waals surface area contributed by atoms with Crippen molar-refractivity contribution in [2.45, 2.75) is 12.7 Å². The van der Waals surface area contributed by atoms with E-state index in [0.717, 1.165) is 16.8 Å². The van der Waals surface area contributed by atoms with Crippen LogP contribution >= 0.6 is 23.2 Å². The van der Waals surface area contributed by atoms with Gasteiger partial charge in [-0.15, -0.1) is 0 Å². The van der Waals surface area contributed by atoms with Gasteiger partial charge < -0.3 is 10.2 Å². The van der Waals surface area contributed by atoms with Crippen LogP contribution in [0.2, 0.25) is 10.0 Å². The number of carbonyl (C=O) groups is 1. The van der Waals surface area contributed by atoms with Gasteiger partial charge in [-0.2, -0.15) is 0 Å². The number of amides is 1. The number of nitrogens with zero attached hydrogens (tertiary/aromatic N) is 1. The van der Waals surface area contributed by atoms with Crippen molar-refractivity contribution >= 4 is 34.8 Å². The Balaban J connectivity index is 1.74.